The molecule has 3 heterocycles. The van der Waals surface area contributed by atoms with Crippen molar-refractivity contribution < 1.29 is 19.1 Å². The van der Waals surface area contributed by atoms with Gasteiger partial charge in [0.15, 0.2) is 11.8 Å². The zero-order chi connectivity index (χ0) is 23.2. The van der Waals surface area contributed by atoms with Crippen molar-refractivity contribution in [2.45, 2.75) is 24.1 Å². The Balaban J connectivity index is 1.43. The third kappa shape index (κ3) is 6.14. The number of rotatable bonds is 9. The fourth-order valence-corrected chi connectivity index (χ4v) is 5.11. The summed E-state index contributed by atoms with van der Waals surface area (Å²) in [6.07, 6.45) is 1.97. The molecule has 9 nitrogen and oxygen atoms in total. The van der Waals surface area contributed by atoms with E-state index in [0.29, 0.717) is 27.0 Å². The van der Waals surface area contributed by atoms with Crippen molar-refractivity contribution in [3.8, 4) is 5.75 Å². The molecule has 0 aliphatic carbocycles. The van der Waals surface area contributed by atoms with Gasteiger partial charge in [0.1, 0.15) is 10.4 Å². The summed E-state index contributed by atoms with van der Waals surface area (Å²) in [5.74, 6) is -0.192. The molecule has 2 aromatic heterocycles. The number of para-hydroxylation sites is 1. The second-order valence-corrected chi connectivity index (χ2v) is 9.86. The van der Waals surface area contributed by atoms with E-state index in [0.717, 1.165) is 35.9 Å². The number of thioether (sulfide) groups is 1. The van der Waals surface area contributed by atoms with Crippen molar-refractivity contribution in [2.75, 3.05) is 30.9 Å². The van der Waals surface area contributed by atoms with Crippen molar-refractivity contribution in [1.29, 1.82) is 0 Å². The van der Waals surface area contributed by atoms with Crippen LogP contribution in [-0.2, 0) is 14.3 Å². The topological polar surface area (TPSA) is 112 Å². The Bertz CT molecular complexity index is 1210. The SMILES string of the molecule is O=C(CSc1nc2ccsc2c(=O)n1NC(=O)COc1ccccc1Br)NC[C@H]1CCCO1. The molecule has 0 bridgehead atoms. The molecule has 1 aromatic carbocycles. The molecule has 174 valence electrons. The maximum absolute atomic E-state index is 13.0. The number of ether oxygens (including phenoxy) is 2. The Kier molecular flexibility index (Phi) is 8.02. The minimum atomic E-state index is -0.532. The zero-order valence-corrected chi connectivity index (χ0v) is 20.6. The zero-order valence-electron chi connectivity index (χ0n) is 17.4. The molecule has 1 fully saturated rings. The number of aromatic nitrogens is 2. The van der Waals surface area contributed by atoms with Crippen LogP contribution in [-0.4, -0.2) is 53.1 Å². The summed E-state index contributed by atoms with van der Waals surface area (Å²) in [5, 5.41) is 4.81. The highest BCUT2D eigenvalue weighted by Crippen LogP contribution is 2.24. The molecule has 0 spiro atoms. The second kappa shape index (κ2) is 11.1. The van der Waals surface area contributed by atoms with Gasteiger partial charge in [0.2, 0.25) is 5.91 Å². The van der Waals surface area contributed by atoms with Crippen LogP contribution in [0.15, 0.2) is 50.1 Å². The maximum atomic E-state index is 13.0. The number of benzene rings is 1. The summed E-state index contributed by atoms with van der Waals surface area (Å²) >= 11 is 5.66. The van der Waals surface area contributed by atoms with Gasteiger partial charge in [0.25, 0.3) is 11.5 Å². The fourth-order valence-electron chi connectivity index (χ4n) is 3.16. The highest BCUT2D eigenvalue weighted by Gasteiger charge is 2.19. The predicted octanol–water partition coefficient (Wildman–Crippen LogP) is 2.76. The largest absolute Gasteiger partial charge is 0.483 e. The van der Waals surface area contributed by atoms with Crippen molar-refractivity contribution in [3.63, 3.8) is 0 Å². The Labute approximate surface area is 206 Å². The second-order valence-electron chi connectivity index (χ2n) is 7.15. The lowest BCUT2D eigenvalue weighted by atomic mass is 10.2. The molecule has 0 radical (unpaired) electrons. The number of nitrogens with one attached hydrogen (secondary N) is 2. The van der Waals surface area contributed by atoms with Crippen LogP contribution in [0.3, 0.4) is 0 Å². The monoisotopic (exact) mass is 552 g/mol. The molecule has 1 atom stereocenters. The lowest BCUT2D eigenvalue weighted by molar-refractivity contribution is -0.119. The molecule has 12 heteroatoms. The van der Waals surface area contributed by atoms with Crippen molar-refractivity contribution in [3.05, 3.63) is 50.5 Å². The number of halogens is 1. The number of thiophene rings is 1. The fraction of sp³-hybridized carbons (Fsp3) is 0.333. The van der Waals surface area contributed by atoms with Crippen molar-refractivity contribution in [1.82, 2.24) is 15.0 Å². The molecule has 1 aliphatic heterocycles. The minimum absolute atomic E-state index is 0.0398. The number of hydrogen-bond donors (Lipinski definition) is 2. The van der Waals surface area contributed by atoms with E-state index in [1.165, 1.54) is 11.3 Å². The van der Waals surface area contributed by atoms with E-state index < -0.39 is 11.5 Å². The molecule has 1 saturated heterocycles. The smallest absolute Gasteiger partial charge is 0.291 e. The number of carbonyl (C=O) groups excluding carboxylic acids is 2. The van der Waals surface area contributed by atoms with Gasteiger partial charge in [-0.05, 0) is 52.4 Å². The first-order valence-electron chi connectivity index (χ1n) is 10.2. The van der Waals surface area contributed by atoms with Crippen LogP contribution < -0.4 is 21.0 Å². The van der Waals surface area contributed by atoms with Crippen molar-refractivity contribution >= 4 is 61.1 Å². The molecule has 4 rings (SSSR count). The average Bonchev–Trinajstić information content (AvgIpc) is 3.50. The number of carbonyl (C=O) groups is 2. The van der Waals surface area contributed by atoms with Crippen LogP contribution >= 0.6 is 39.0 Å². The molecular weight excluding hydrogens is 532 g/mol. The van der Waals surface area contributed by atoms with Gasteiger partial charge in [-0.3, -0.25) is 19.8 Å². The van der Waals surface area contributed by atoms with E-state index in [4.69, 9.17) is 9.47 Å². The van der Waals surface area contributed by atoms with Gasteiger partial charge in [0, 0.05) is 13.2 Å². The molecular formula is C21H21BrN4O5S2. The van der Waals surface area contributed by atoms with E-state index in [9.17, 15) is 14.4 Å². The van der Waals surface area contributed by atoms with Gasteiger partial charge in [-0.15, -0.1) is 11.3 Å². The first-order chi connectivity index (χ1) is 16.0. The highest BCUT2D eigenvalue weighted by molar-refractivity contribution is 9.10. The van der Waals surface area contributed by atoms with E-state index in [1.54, 1.807) is 29.6 Å². The van der Waals surface area contributed by atoms with Gasteiger partial charge < -0.3 is 14.8 Å². The predicted molar refractivity (Wildman–Crippen MR) is 131 cm³/mol. The summed E-state index contributed by atoms with van der Waals surface area (Å²) in [7, 11) is 0. The lowest BCUT2D eigenvalue weighted by Gasteiger charge is -2.14. The minimum Gasteiger partial charge on any atom is -0.483 e. The maximum Gasteiger partial charge on any atom is 0.291 e. The van der Waals surface area contributed by atoms with Crippen LogP contribution in [0.5, 0.6) is 5.75 Å². The standard InChI is InChI=1S/C21H21BrN4O5S2/c22-14-5-1-2-6-16(14)31-11-17(27)25-26-20(29)19-15(7-9-32-19)24-21(26)33-12-18(28)23-10-13-4-3-8-30-13/h1-2,5-7,9,13H,3-4,8,10-12H2,(H,23,28)(H,25,27)/t13-/m1/s1. The Morgan fingerprint density at radius 1 is 1.30 bits per heavy atom. The van der Waals surface area contributed by atoms with E-state index in [-0.39, 0.29) is 29.5 Å². The van der Waals surface area contributed by atoms with Crippen LogP contribution in [0.4, 0.5) is 0 Å². The van der Waals surface area contributed by atoms with Crippen molar-refractivity contribution in [2.24, 2.45) is 0 Å². The molecule has 33 heavy (non-hydrogen) atoms. The summed E-state index contributed by atoms with van der Waals surface area (Å²) in [4.78, 5) is 42.2. The van der Waals surface area contributed by atoms with Crippen LogP contribution in [0.25, 0.3) is 10.2 Å². The number of nitrogens with zero attached hydrogens (tertiary/aromatic N) is 2. The third-order valence-corrected chi connectivity index (χ3v) is 7.25. The number of amides is 2. The quantitative estimate of drug-likeness (QED) is 0.310. The summed E-state index contributed by atoms with van der Waals surface area (Å²) in [6, 6.07) is 8.87. The summed E-state index contributed by atoms with van der Waals surface area (Å²) in [5.41, 5.74) is 2.65. The van der Waals surface area contributed by atoms with Gasteiger partial charge in [-0.1, -0.05) is 23.9 Å². The molecule has 1 aliphatic rings. The van der Waals surface area contributed by atoms with E-state index >= 15 is 0 Å². The van der Waals surface area contributed by atoms with E-state index in [2.05, 4.69) is 31.7 Å². The highest BCUT2D eigenvalue weighted by atomic mass is 79.9. The van der Waals surface area contributed by atoms with Gasteiger partial charge in [0.05, 0.1) is 21.8 Å². The number of hydrogen-bond acceptors (Lipinski definition) is 8. The van der Waals surface area contributed by atoms with Crippen LogP contribution in [0.1, 0.15) is 12.8 Å². The molecule has 0 saturated carbocycles. The Morgan fingerprint density at radius 3 is 2.94 bits per heavy atom. The molecule has 3 aromatic rings. The summed E-state index contributed by atoms with van der Waals surface area (Å²) < 4.78 is 13.2. The molecule has 2 amide bonds. The van der Waals surface area contributed by atoms with Gasteiger partial charge in [-0.25, -0.2) is 4.98 Å². The van der Waals surface area contributed by atoms with Gasteiger partial charge in [-0.2, -0.15) is 4.68 Å². The van der Waals surface area contributed by atoms with Crippen LogP contribution in [0, 0.1) is 0 Å². The lowest BCUT2D eigenvalue weighted by Crippen LogP contribution is -2.37. The number of fused-ring (bicyclic) bond motifs is 1. The van der Waals surface area contributed by atoms with Crippen LogP contribution in [0.2, 0.25) is 0 Å². The Morgan fingerprint density at radius 2 is 2.15 bits per heavy atom. The first kappa shape index (κ1) is 23.7. The molecule has 0 unspecified atom stereocenters. The van der Waals surface area contributed by atoms with Gasteiger partial charge >= 0.3 is 0 Å². The molecule has 2 N–H and O–H groups in total. The van der Waals surface area contributed by atoms with E-state index in [1.807, 2.05) is 6.07 Å². The normalized spacial score (nSPS) is 15.5. The first-order valence-corrected chi connectivity index (χ1v) is 12.9. The summed E-state index contributed by atoms with van der Waals surface area (Å²) in [6.45, 7) is 0.868. The average molecular weight is 553 g/mol. The third-order valence-electron chi connectivity index (χ3n) is 4.76. The Hall–Kier alpha value is -2.41.